The first-order valence-corrected chi connectivity index (χ1v) is 6.68. The van der Waals surface area contributed by atoms with Crippen LogP contribution in [0.3, 0.4) is 0 Å². The molecule has 1 amide bonds. The Morgan fingerprint density at radius 2 is 1.53 bits per heavy atom. The highest BCUT2D eigenvalue weighted by Gasteiger charge is 2.08. The second kappa shape index (κ2) is 11.3. The first-order valence-electron chi connectivity index (χ1n) is 6.68. The largest absolute Gasteiger partial charge is 0.354 e. The van der Waals surface area contributed by atoms with Crippen molar-refractivity contribution in [3.8, 4) is 0 Å². The Labute approximate surface area is 134 Å². The summed E-state index contributed by atoms with van der Waals surface area (Å²) in [7, 11) is 3.48. The zero-order chi connectivity index (χ0) is 14.1. The second-order valence-electron chi connectivity index (χ2n) is 4.86. The van der Waals surface area contributed by atoms with Crippen molar-refractivity contribution in [1.29, 1.82) is 0 Å². The fourth-order valence-corrected chi connectivity index (χ4v) is 1.09. The fourth-order valence-electron chi connectivity index (χ4n) is 1.09. The van der Waals surface area contributed by atoms with E-state index in [-0.39, 0.29) is 36.4 Å². The van der Waals surface area contributed by atoms with Gasteiger partial charge in [-0.15, -0.1) is 24.0 Å². The zero-order valence-corrected chi connectivity index (χ0v) is 15.3. The molecule has 0 aliphatic heterocycles. The maximum Gasteiger partial charge on any atom is 0.243 e. The van der Waals surface area contributed by atoms with Crippen LogP contribution in [0.1, 0.15) is 40.5 Å². The number of hydrogen-bond acceptors (Lipinski definition) is 2. The van der Waals surface area contributed by atoms with Crippen molar-refractivity contribution < 1.29 is 4.79 Å². The Bertz CT molecular complexity index is 268. The van der Waals surface area contributed by atoms with Gasteiger partial charge >= 0.3 is 0 Å². The number of aliphatic imine (C=N–C) groups is 1. The van der Waals surface area contributed by atoms with Crippen LogP contribution in [0.5, 0.6) is 0 Å². The van der Waals surface area contributed by atoms with Crippen molar-refractivity contribution in [2.45, 2.75) is 52.6 Å². The van der Waals surface area contributed by atoms with E-state index in [9.17, 15) is 4.79 Å². The molecule has 0 spiro atoms. The Morgan fingerprint density at radius 3 is 1.84 bits per heavy atom. The number of nitrogens with zero attached hydrogens (tertiary/aromatic N) is 2. The van der Waals surface area contributed by atoms with Gasteiger partial charge in [0.25, 0.3) is 0 Å². The van der Waals surface area contributed by atoms with Crippen LogP contribution in [0.25, 0.3) is 0 Å². The van der Waals surface area contributed by atoms with E-state index in [1.165, 1.54) is 0 Å². The molecule has 0 rings (SSSR count). The van der Waals surface area contributed by atoms with E-state index in [4.69, 9.17) is 0 Å². The smallest absolute Gasteiger partial charge is 0.243 e. The molecule has 0 aliphatic rings. The molecule has 114 valence electrons. The van der Waals surface area contributed by atoms with Crippen LogP contribution in [-0.2, 0) is 4.79 Å². The van der Waals surface area contributed by atoms with E-state index in [0.717, 1.165) is 12.8 Å². The molecule has 0 radical (unpaired) electrons. The van der Waals surface area contributed by atoms with Gasteiger partial charge in [0.1, 0.15) is 6.54 Å². The number of halogens is 1. The van der Waals surface area contributed by atoms with Crippen LogP contribution >= 0.6 is 24.0 Å². The lowest BCUT2D eigenvalue weighted by Crippen LogP contribution is -2.46. The van der Waals surface area contributed by atoms with E-state index in [1.807, 2.05) is 0 Å². The van der Waals surface area contributed by atoms with E-state index < -0.39 is 0 Å². The highest BCUT2D eigenvalue weighted by atomic mass is 127. The van der Waals surface area contributed by atoms with Gasteiger partial charge < -0.3 is 15.5 Å². The molecule has 6 heteroatoms. The third kappa shape index (κ3) is 9.98. The normalized spacial score (nSPS) is 12.7. The molecule has 0 saturated carbocycles. The number of nitrogens with one attached hydrogen (secondary N) is 2. The molecular weight excluding hydrogens is 355 g/mol. The number of rotatable bonds is 6. The standard InChI is InChI=1S/C13H28N4O.HI/c1-7-10(3)15-13(16-11(4)8-2)14-9-12(18)17(5)6;/h10-11H,7-9H2,1-6H3,(H2,14,15,16);1H. The maximum absolute atomic E-state index is 11.5. The SMILES string of the molecule is CCC(C)NC(=NCC(=O)N(C)C)NC(C)CC.I. The Kier molecular flexibility index (Phi) is 12.4. The molecule has 2 N–H and O–H groups in total. The van der Waals surface area contributed by atoms with Crippen LogP contribution in [-0.4, -0.2) is 49.5 Å². The monoisotopic (exact) mass is 384 g/mol. The molecule has 0 saturated heterocycles. The van der Waals surface area contributed by atoms with Crippen LogP contribution < -0.4 is 10.6 Å². The van der Waals surface area contributed by atoms with Crippen molar-refractivity contribution in [3.05, 3.63) is 0 Å². The molecule has 2 atom stereocenters. The van der Waals surface area contributed by atoms with Crippen molar-refractivity contribution in [2.24, 2.45) is 4.99 Å². The summed E-state index contributed by atoms with van der Waals surface area (Å²) in [6, 6.07) is 0.685. The van der Waals surface area contributed by atoms with Gasteiger partial charge in [-0.25, -0.2) is 4.99 Å². The van der Waals surface area contributed by atoms with Gasteiger partial charge in [-0.1, -0.05) is 13.8 Å². The molecule has 0 bridgehead atoms. The molecule has 0 aromatic carbocycles. The third-order valence-corrected chi connectivity index (χ3v) is 2.86. The first-order chi connectivity index (χ1) is 8.40. The number of amides is 1. The van der Waals surface area contributed by atoms with Gasteiger partial charge in [-0.2, -0.15) is 0 Å². The third-order valence-electron chi connectivity index (χ3n) is 2.86. The zero-order valence-electron chi connectivity index (χ0n) is 13.0. The van der Waals surface area contributed by atoms with Crippen molar-refractivity contribution in [3.63, 3.8) is 0 Å². The summed E-state index contributed by atoms with van der Waals surface area (Å²) in [6.07, 6.45) is 2.03. The van der Waals surface area contributed by atoms with Gasteiger partial charge in [0.05, 0.1) is 0 Å². The van der Waals surface area contributed by atoms with Crippen molar-refractivity contribution in [2.75, 3.05) is 20.6 Å². The van der Waals surface area contributed by atoms with Crippen LogP contribution in [0.2, 0.25) is 0 Å². The molecule has 0 heterocycles. The lowest BCUT2D eigenvalue weighted by atomic mass is 10.2. The summed E-state index contributed by atoms with van der Waals surface area (Å²) < 4.78 is 0. The highest BCUT2D eigenvalue weighted by Crippen LogP contribution is 1.92. The predicted octanol–water partition coefficient (Wildman–Crippen LogP) is 1.82. The fraction of sp³-hybridized carbons (Fsp3) is 0.846. The van der Waals surface area contributed by atoms with Crippen molar-refractivity contribution in [1.82, 2.24) is 15.5 Å². The summed E-state index contributed by atoms with van der Waals surface area (Å²) in [5.74, 6) is 0.721. The Balaban J connectivity index is 0. The number of guanidine groups is 1. The van der Waals surface area contributed by atoms with E-state index in [2.05, 4.69) is 43.3 Å². The molecule has 0 aromatic heterocycles. The summed E-state index contributed by atoms with van der Waals surface area (Å²) in [5.41, 5.74) is 0. The Morgan fingerprint density at radius 1 is 1.11 bits per heavy atom. The lowest BCUT2D eigenvalue weighted by molar-refractivity contribution is -0.127. The predicted molar refractivity (Wildman–Crippen MR) is 92.2 cm³/mol. The minimum absolute atomic E-state index is 0. The van der Waals surface area contributed by atoms with Crippen molar-refractivity contribution >= 4 is 35.8 Å². The molecule has 0 fully saturated rings. The topological polar surface area (TPSA) is 56.7 Å². The number of hydrogen-bond donors (Lipinski definition) is 2. The summed E-state index contributed by atoms with van der Waals surface area (Å²) in [4.78, 5) is 17.4. The summed E-state index contributed by atoms with van der Waals surface area (Å²) in [6.45, 7) is 8.60. The molecule has 2 unspecified atom stereocenters. The summed E-state index contributed by atoms with van der Waals surface area (Å²) in [5, 5.41) is 6.59. The van der Waals surface area contributed by atoms with Crippen LogP contribution in [0.15, 0.2) is 4.99 Å². The minimum Gasteiger partial charge on any atom is -0.354 e. The first kappa shape index (κ1) is 20.8. The van der Waals surface area contributed by atoms with Gasteiger partial charge in [-0.3, -0.25) is 4.79 Å². The second-order valence-corrected chi connectivity index (χ2v) is 4.86. The number of carbonyl (C=O) groups is 1. The lowest BCUT2D eigenvalue weighted by Gasteiger charge is -2.20. The average molecular weight is 384 g/mol. The van der Waals surface area contributed by atoms with E-state index in [0.29, 0.717) is 18.0 Å². The molecule has 5 nitrogen and oxygen atoms in total. The van der Waals surface area contributed by atoms with Gasteiger partial charge in [0, 0.05) is 26.2 Å². The van der Waals surface area contributed by atoms with E-state index in [1.54, 1.807) is 19.0 Å². The average Bonchev–Trinajstić information content (AvgIpc) is 2.34. The number of carbonyl (C=O) groups excluding carboxylic acids is 1. The summed E-state index contributed by atoms with van der Waals surface area (Å²) >= 11 is 0. The Hall–Kier alpha value is -0.530. The maximum atomic E-state index is 11.5. The number of likely N-dealkylation sites (N-methyl/N-ethyl adjacent to an activating group) is 1. The molecular formula is C13H29IN4O. The minimum atomic E-state index is 0. The highest BCUT2D eigenvalue weighted by molar-refractivity contribution is 14.0. The van der Waals surface area contributed by atoms with Gasteiger partial charge in [0.15, 0.2) is 5.96 Å². The van der Waals surface area contributed by atoms with Crippen LogP contribution in [0.4, 0.5) is 0 Å². The van der Waals surface area contributed by atoms with Gasteiger partial charge in [-0.05, 0) is 26.7 Å². The van der Waals surface area contributed by atoms with Crippen LogP contribution in [0, 0.1) is 0 Å². The van der Waals surface area contributed by atoms with Gasteiger partial charge in [0.2, 0.25) is 5.91 Å². The van der Waals surface area contributed by atoms with E-state index >= 15 is 0 Å². The molecule has 0 aliphatic carbocycles. The molecule has 19 heavy (non-hydrogen) atoms. The quantitative estimate of drug-likeness (QED) is 0.417. The molecule has 0 aromatic rings.